The molecule has 8 nitrogen and oxygen atoms in total. The van der Waals surface area contributed by atoms with E-state index in [4.69, 9.17) is 14.7 Å². The van der Waals surface area contributed by atoms with Crippen molar-refractivity contribution in [3.63, 3.8) is 0 Å². The fraction of sp³-hybridized carbons (Fsp3) is 0.400. The summed E-state index contributed by atoms with van der Waals surface area (Å²) in [5.74, 6) is -0.365. The van der Waals surface area contributed by atoms with Crippen molar-refractivity contribution in [1.82, 2.24) is 24.4 Å². The molecule has 1 aliphatic rings. The van der Waals surface area contributed by atoms with E-state index in [9.17, 15) is 4.79 Å². The Hall–Kier alpha value is -4.17. The third-order valence-corrected chi connectivity index (χ3v) is 9.01. The van der Waals surface area contributed by atoms with Gasteiger partial charge in [-0.15, -0.1) is 0 Å². The van der Waals surface area contributed by atoms with E-state index < -0.39 is 0 Å². The largest absolute Gasteiger partial charge is 0.457 e. The second kappa shape index (κ2) is 13.0. The Morgan fingerprint density at radius 1 is 1.00 bits per heavy atom. The molecule has 0 atom stereocenters. The molecule has 0 spiro atoms. The number of nitrogens with one attached hydrogen (secondary N) is 1. The number of benzene rings is 3. The van der Waals surface area contributed by atoms with Crippen molar-refractivity contribution in [3.8, 4) is 11.1 Å². The smallest absolute Gasteiger partial charge is 0.342 e. The second-order valence-electron chi connectivity index (χ2n) is 11.6. The molecule has 2 aromatic heterocycles. The first-order valence-electron chi connectivity index (χ1n) is 15.7. The molecule has 224 valence electrons. The highest BCUT2D eigenvalue weighted by Gasteiger charge is 2.25. The Balaban J connectivity index is 1.40. The predicted molar refractivity (Wildman–Crippen MR) is 174 cm³/mol. The number of likely N-dealkylation sites (N-methyl/N-ethyl adjacent to an activating group) is 2. The van der Waals surface area contributed by atoms with Crippen molar-refractivity contribution in [2.75, 3.05) is 38.1 Å². The lowest BCUT2D eigenvalue weighted by molar-refractivity contribution is 0.0475. The molecule has 0 amide bonds. The maximum absolute atomic E-state index is 13.8. The van der Waals surface area contributed by atoms with Gasteiger partial charge in [0, 0.05) is 31.7 Å². The van der Waals surface area contributed by atoms with Gasteiger partial charge in [0.15, 0.2) is 0 Å². The van der Waals surface area contributed by atoms with E-state index in [0.29, 0.717) is 17.1 Å². The van der Waals surface area contributed by atoms with E-state index in [-0.39, 0.29) is 12.6 Å². The van der Waals surface area contributed by atoms with Gasteiger partial charge in [-0.05, 0) is 55.3 Å². The summed E-state index contributed by atoms with van der Waals surface area (Å²) in [6.45, 7) is 8.18. The summed E-state index contributed by atoms with van der Waals surface area (Å²) in [4.78, 5) is 31.1. The van der Waals surface area contributed by atoms with Gasteiger partial charge in [-0.25, -0.2) is 14.8 Å². The quantitative estimate of drug-likeness (QED) is 0.167. The van der Waals surface area contributed by atoms with Crippen molar-refractivity contribution in [1.29, 1.82) is 0 Å². The van der Waals surface area contributed by atoms with Crippen LogP contribution in [0.4, 0.5) is 5.69 Å². The molecule has 6 rings (SSSR count). The average Bonchev–Trinajstić information content (AvgIpc) is 3.72. The fourth-order valence-corrected chi connectivity index (χ4v) is 6.42. The van der Waals surface area contributed by atoms with Crippen molar-refractivity contribution < 1.29 is 9.53 Å². The van der Waals surface area contributed by atoms with Gasteiger partial charge in [0.2, 0.25) is 0 Å². The van der Waals surface area contributed by atoms with Gasteiger partial charge >= 0.3 is 5.97 Å². The number of ether oxygens (including phenoxy) is 1. The molecule has 5 aromatic rings. The topological polar surface area (TPSA) is 79.3 Å². The van der Waals surface area contributed by atoms with Crippen LogP contribution in [-0.2, 0) is 11.3 Å². The molecule has 8 heteroatoms. The first-order valence-corrected chi connectivity index (χ1v) is 15.7. The molecular weight excluding hydrogens is 536 g/mol. The molecule has 0 unspecified atom stereocenters. The van der Waals surface area contributed by atoms with Crippen LogP contribution in [0, 0.1) is 0 Å². The standard InChI is InChI=1S/C35H42N6O2/c1-4-40(5-2)19-18-39(3)31-21-28(26-16-17-30-29(20-26)38-24-41(30)27-14-10-7-11-15-27)33-34(37-23-36-33)32(31)35(42)43-22-25-12-8-6-9-13-25/h6,8-9,12-13,16-17,20-21,23-24,27H,4-5,7,10-11,14-15,18-19,22H2,1-3H3,(H,36,37). The van der Waals surface area contributed by atoms with Crippen LogP contribution in [0.2, 0.25) is 0 Å². The summed E-state index contributed by atoms with van der Waals surface area (Å²) >= 11 is 0. The lowest BCUT2D eigenvalue weighted by Crippen LogP contribution is -2.33. The van der Waals surface area contributed by atoms with Gasteiger partial charge in [0.05, 0.1) is 40.4 Å². The number of nitrogens with zero attached hydrogens (tertiary/aromatic N) is 5. The summed E-state index contributed by atoms with van der Waals surface area (Å²) in [5, 5.41) is 0. The van der Waals surface area contributed by atoms with Crippen LogP contribution < -0.4 is 4.90 Å². The highest BCUT2D eigenvalue weighted by Crippen LogP contribution is 2.38. The first kappa shape index (κ1) is 28.9. The Kier molecular flexibility index (Phi) is 8.74. The van der Waals surface area contributed by atoms with Crippen LogP contribution in [0.15, 0.2) is 67.3 Å². The number of rotatable bonds is 11. The predicted octanol–water partition coefficient (Wildman–Crippen LogP) is 7.22. The molecule has 1 N–H and O–H groups in total. The summed E-state index contributed by atoms with van der Waals surface area (Å²) in [7, 11) is 2.05. The molecule has 3 aromatic carbocycles. The van der Waals surface area contributed by atoms with Crippen LogP contribution >= 0.6 is 0 Å². The zero-order valence-corrected chi connectivity index (χ0v) is 25.6. The number of carbonyl (C=O) groups is 1. The number of anilines is 1. The van der Waals surface area contributed by atoms with Crippen molar-refractivity contribution >= 4 is 33.7 Å². The molecule has 1 saturated carbocycles. The van der Waals surface area contributed by atoms with E-state index in [0.717, 1.165) is 59.6 Å². The van der Waals surface area contributed by atoms with Gasteiger partial charge in [0.1, 0.15) is 12.2 Å². The monoisotopic (exact) mass is 578 g/mol. The molecular formula is C35H42N6O2. The Morgan fingerprint density at radius 2 is 1.79 bits per heavy atom. The number of esters is 1. The third-order valence-electron chi connectivity index (χ3n) is 9.01. The first-order chi connectivity index (χ1) is 21.1. The zero-order valence-electron chi connectivity index (χ0n) is 25.6. The number of imidazole rings is 2. The Labute approximate surface area is 253 Å². The lowest BCUT2D eigenvalue weighted by Gasteiger charge is -2.27. The van der Waals surface area contributed by atoms with Crippen LogP contribution in [0.5, 0.6) is 0 Å². The van der Waals surface area contributed by atoms with Crippen molar-refractivity contribution in [3.05, 3.63) is 78.4 Å². The molecule has 0 aliphatic heterocycles. The van der Waals surface area contributed by atoms with Crippen molar-refractivity contribution in [2.45, 2.75) is 58.6 Å². The number of fused-ring (bicyclic) bond motifs is 2. The molecule has 2 heterocycles. The summed E-state index contributed by atoms with van der Waals surface area (Å²) < 4.78 is 8.24. The van der Waals surface area contributed by atoms with Gasteiger partial charge in [-0.2, -0.15) is 0 Å². The molecule has 43 heavy (non-hydrogen) atoms. The normalized spacial score (nSPS) is 14.1. The number of hydrogen-bond acceptors (Lipinski definition) is 6. The van der Waals surface area contributed by atoms with Gasteiger partial charge < -0.3 is 24.1 Å². The Bertz CT molecular complexity index is 1680. The van der Waals surface area contributed by atoms with Crippen LogP contribution in [0.25, 0.3) is 33.2 Å². The van der Waals surface area contributed by atoms with E-state index >= 15 is 0 Å². The molecule has 1 fully saturated rings. The number of hydrogen-bond donors (Lipinski definition) is 1. The fourth-order valence-electron chi connectivity index (χ4n) is 6.42. The SMILES string of the molecule is CCN(CC)CCN(C)c1cc(-c2ccc3c(c2)ncn3C2CCCCC2)c2nc[nH]c2c1C(=O)OCc1ccccc1. The van der Waals surface area contributed by atoms with Gasteiger partial charge in [0.25, 0.3) is 0 Å². The minimum Gasteiger partial charge on any atom is -0.457 e. The maximum Gasteiger partial charge on any atom is 0.342 e. The average molecular weight is 579 g/mol. The molecule has 0 bridgehead atoms. The summed E-state index contributed by atoms with van der Waals surface area (Å²) in [6, 6.07) is 18.9. The van der Waals surface area contributed by atoms with E-state index in [1.165, 1.54) is 37.6 Å². The molecule has 1 aliphatic carbocycles. The van der Waals surface area contributed by atoms with Gasteiger partial charge in [-0.1, -0.05) is 69.5 Å². The summed E-state index contributed by atoms with van der Waals surface area (Å²) in [5.41, 5.74) is 7.87. The lowest BCUT2D eigenvalue weighted by atomic mass is 9.95. The maximum atomic E-state index is 13.8. The minimum atomic E-state index is -0.365. The number of carbonyl (C=O) groups excluding carboxylic acids is 1. The third kappa shape index (κ3) is 6.02. The molecule has 0 saturated heterocycles. The van der Waals surface area contributed by atoms with Crippen LogP contribution in [0.1, 0.15) is 67.9 Å². The number of aromatic amines is 1. The zero-order chi connectivity index (χ0) is 29.8. The van der Waals surface area contributed by atoms with E-state index in [2.05, 4.69) is 57.5 Å². The number of H-pyrrole nitrogens is 1. The highest BCUT2D eigenvalue weighted by molar-refractivity contribution is 6.11. The van der Waals surface area contributed by atoms with E-state index in [1.807, 2.05) is 43.7 Å². The van der Waals surface area contributed by atoms with Crippen molar-refractivity contribution in [2.24, 2.45) is 0 Å². The number of aromatic nitrogens is 4. The minimum absolute atomic E-state index is 0.208. The Morgan fingerprint density at radius 3 is 2.56 bits per heavy atom. The molecule has 0 radical (unpaired) electrons. The summed E-state index contributed by atoms with van der Waals surface area (Å²) in [6.07, 6.45) is 9.99. The van der Waals surface area contributed by atoms with Crippen LogP contribution in [-0.4, -0.2) is 63.6 Å². The van der Waals surface area contributed by atoms with Gasteiger partial charge in [-0.3, -0.25) is 0 Å². The van der Waals surface area contributed by atoms with Crippen LogP contribution in [0.3, 0.4) is 0 Å². The van der Waals surface area contributed by atoms with E-state index in [1.54, 1.807) is 6.33 Å². The highest BCUT2D eigenvalue weighted by atomic mass is 16.5. The second-order valence-corrected chi connectivity index (χ2v) is 11.6.